The number of piperidine rings is 1. The van der Waals surface area contributed by atoms with Crippen molar-refractivity contribution in [1.29, 1.82) is 0 Å². The summed E-state index contributed by atoms with van der Waals surface area (Å²) in [6, 6.07) is 14.3. The fourth-order valence-corrected chi connectivity index (χ4v) is 4.71. The number of carbonyl (C=O) groups is 2. The average molecular weight is 424 g/mol. The van der Waals surface area contributed by atoms with E-state index in [4.69, 9.17) is 0 Å². The van der Waals surface area contributed by atoms with Gasteiger partial charge in [0.1, 0.15) is 5.82 Å². The summed E-state index contributed by atoms with van der Waals surface area (Å²) in [5, 5.41) is 3.03. The molecule has 6 heteroatoms. The molecule has 1 aliphatic carbocycles. The van der Waals surface area contributed by atoms with Gasteiger partial charge in [-0.2, -0.15) is 0 Å². The molecule has 4 rings (SSSR count). The number of halogens is 1. The number of hydrogen-bond acceptors (Lipinski definition) is 3. The Morgan fingerprint density at radius 1 is 1.06 bits per heavy atom. The Labute approximate surface area is 183 Å². The zero-order valence-electron chi connectivity index (χ0n) is 18.0. The topological polar surface area (TPSA) is 52.7 Å². The van der Waals surface area contributed by atoms with Gasteiger partial charge in [-0.3, -0.25) is 14.5 Å². The van der Waals surface area contributed by atoms with Gasteiger partial charge in [-0.05, 0) is 67.5 Å². The third-order valence-electron chi connectivity index (χ3n) is 6.59. The number of carbonyl (C=O) groups excluding carboxylic acids is 2. The number of rotatable bonds is 5. The Morgan fingerprint density at radius 2 is 1.77 bits per heavy atom. The third-order valence-corrected chi connectivity index (χ3v) is 6.59. The molecule has 0 aromatic heterocycles. The lowest BCUT2D eigenvalue weighted by Crippen LogP contribution is -2.48. The van der Waals surface area contributed by atoms with E-state index in [9.17, 15) is 14.0 Å². The molecule has 164 valence electrons. The predicted octanol–water partition coefficient (Wildman–Crippen LogP) is 3.56. The van der Waals surface area contributed by atoms with Gasteiger partial charge >= 0.3 is 0 Å². The highest BCUT2D eigenvalue weighted by atomic mass is 19.1. The van der Waals surface area contributed by atoms with Gasteiger partial charge in [0.05, 0.1) is 12.6 Å². The molecule has 0 bridgehead atoms. The third kappa shape index (κ3) is 5.13. The van der Waals surface area contributed by atoms with Crippen LogP contribution in [-0.2, 0) is 11.2 Å². The molecule has 1 aliphatic heterocycles. The lowest BCUT2D eigenvalue weighted by molar-refractivity contribution is -0.134. The first kappa shape index (κ1) is 21.5. The predicted molar refractivity (Wildman–Crippen MR) is 118 cm³/mol. The van der Waals surface area contributed by atoms with Crippen molar-refractivity contribution in [2.24, 2.45) is 0 Å². The highest BCUT2D eigenvalue weighted by Gasteiger charge is 2.28. The van der Waals surface area contributed by atoms with Crippen LogP contribution in [0.2, 0.25) is 0 Å². The lowest BCUT2D eigenvalue weighted by atomic mass is 9.87. The van der Waals surface area contributed by atoms with Crippen molar-refractivity contribution in [3.8, 4) is 0 Å². The van der Waals surface area contributed by atoms with Gasteiger partial charge in [0.15, 0.2) is 0 Å². The minimum atomic E-state index is -0.351. The van der Waals surface area contributed by atoms with Crippen LogP contribution in [0.25, 0.3) is 0 Å². The summed E-state index contributed by atoms with van der Waals surface area (Å²) in [7, 11) is 1.92. The van der Waals surface area contributed by atoms with Crippen molar-refractivity contribution in [2.45, 2.75) is 44.2 Å². The van der Waals surface area contributed by atoms with E-state index in [-0.39, 0.29) is 29.7 Å². The summed E-state index contributed by atoms with van der Waals surface area (Å²) >= 11 is 0. The number of benzene rings is 2. The fourth-order valence-electron chi connectivity index (χ4n) is 4.71. The maximum absolute atomic E-state index is 13.0. The van der Waals surface area contributed by atoms with Crippen molar-refractivity contribution in [2.75, 3.05) is 26.7 Å². The summed E-state index contributed by atoms with van der Waals surface area (Å²) in [5.41, 5.74) is 3.11. The number of aryl methyl sites for hydroxylation is 1. The Bertz CT molecular complexity index is 923. The minimum Gasteiger partial charge on any atom is -0.349 e. The van der Waals surface area contributed by atoms with Crippen molar-refractivity contribution in [1.82, 2.24) is 15.1 Å². The van der Waals surface area contributed by atoms with Gasteiger partial charge < -0.3 is 10.2 Å². The maximum atomic E-state index is 13.0. The quantitative estimate of drug-likeness (QED) is 0.800. The number of fused-ring (bicyclic) bond motifs is 1. The van der Waals surface area contributed by atoms with Crippen LogP contribution < -0.4 is 5.32 Å². The number of hydrogen-bond donors (Lipinski definition) is 1. The van der Waals surface area contributed by atoms with Gasteiger partial charge in [0.2, 0.25) is 5.91 Å². The second-order valence-corrected chi connectivity index (χ2v) is 8.64. The monoisotopic (exact) mass is 423 g/mol. The molecular weight excluding hydrogens is 393 g/mol. The molecule has 5 nitrogen and oxygen atoms in total. The average Bonchev–Trinajstić information content (AvgIpc) is 2.80. The summed E-state index contributed by atoms with van der Waals surface area (Å²) in [5.74, 6) is -0.378. The van der Waals surface area contributed by atoms with E-state index in [2.05, 4.69) is 34.5 Å². The molecule has 1 unspecified atom stereocenters. The summed E-state index contributed by atoms with van der Waals surface area (Å²) in [6.45, 7) is 1.96. The van der Waals surface area contributed by atoms with Crippen LogP contribution in [0.4, 0.5) is 4.39 Å². The first-order valence-electron chi connectivity index (χ1n) is 11.1. The second kappa shape index (κ2) is 9.60. The molecule has 2 aromatic rings. The van der Waals surface area contributed by atoms with Crippen LogP contribution >= 0.6 is 0 Å². The molecule has 1 heterocycles. The summed E-state index contributed by atoms with van der Waals surface area (Å²) in [6.07, 6.45) is 4.81. The Morgan fingerprint density at radius 3 is 2.52 bits per heavy atom. The van der Waals surface area contributed by atoms with Gasteiger partial charge in [0, 0.05) is 31.7 Å². The SMILES string of the molecule is CN(C(=O)CN1CCC(NC(=O)c2ccc(F)cc2)CC1)C1CCCc2ccccc21. The van der Waals surface area contributed by atoms with Crippen molar-refractivity contribution in [3.05, 3.63) is 71.0 Å². The number of amides is 2. The molecule has 2 amide bonds. The largest absolute Gasteiger partial charge is 0.349 e. The lowest BCUT2D eigenvalue weighted by Gasteiger charge is -2.36. The fraction of sp³-hybridized carbons (Fsp3) is 0.440. The molecule has 2 aliphatic rings. The highest BCUT2D eigenvalue weighted by molar-refractivity contribution is 5.94. The number of nitrogens with one attached hydrogen (secondary N) is 1. The standard InChI is InChI=1S/C25H30FN3O2/c1-28(23-8-4-6-18-5-2-3-7-22(18)23)24(30)17-29-15-13-21(14-16-29)27-25(31)19-9-11-20(26)12-10-19/h2-3,5,7,9-12,21,23H,4,6,8,13-17H2,1H3,(H,27,31). The number of nitrogens with zero attached hydrogens (tertiary/aromatic N) is 2. The van der Waals surface area contributed by atoms with E-state index in [1.807, 2.05) is 11.9 Å². The molecule has 0 radical (unpaired) electrons. The van der Waals surface area contributed by atoms with Crippen LogP contribution in [0, 0.1) is 5.82 Å². The number of likely N-dealkylation sites (tertiary alicyclic amines) is 1. The zero-order chi connectivity index (χ0) is 21.8. The zero-order valence-corrected chi connectivity index (χ0v) is 18.0. The van der Waals surface area contributed by atoms with Crippen LogP contribution in [-0.4, -0.2) is 54.3 Å². The van der Waals surface area contributed by atoms with Crippen LogP contribution in [0.15, 0.2) is 48.5 Å². The second-order valence-electron chi connectivity index (χ2n) is 8.64. The molecule has 0 saturated carbocycles. The Hall–Kier alpha value is -2.73. The van der Waals surface area contributed by atoms with E-state index in [0.717, 1.165) is 45.2 Å². The molecule has 1 atom stereocenters. The Kier molecular flexibility index (Phi) is 6.66. The molecule has 0 spiro atoms. The van der Waals surface area contributed by atoms with E-state index in [0.29, 0.717) is 12.1 Å². The van der Waals surface area contributed by atoms with Crippen LogP contribution in [0.1, 0.15) is 53.2 Å². The van der Waals surface area contributed by atoms with Crippen molar-refractivity contribution >= 4 is 11.8 Å². The first-order valence-corrected chi connectivity index (χ1v) is 11.1. The molecule has 31 heavy (non-hydrogen) atoms. The van der Waals surface area contributed by atoms with Gasteiger partial charge in [-0.1, -0.05) is 24.3 Å². The van der Waals surface area contributed by atoms with Crippen LogP contribution in [0.3, 0.4) is 0 Å². The molecule has 1 N–H and O–H groups in total. The summed E-state index contributed by atoms with van der Waals surface area (Å²) in [4.78, 5) is 29.4. The minimum absolute atomic E-state index is 0.0758. The van der Waals surface area contributed by atoms with Gasteiger partial charge in [0.25, 0.3) is 5.91 Å². The van der Waals surface area contributed by atoms with Crippen LogP contribution in [0.5, 0.6) is 0 Å². The van der Waals surface area contributed by atoms with E-state index < -0.39 is 0 Å². The van der Waals surface area contributed by atoms with Crippen molar-refractivity contribution < 1.29 is 14.0 Å². The number of likely N-dealkylation sites (N-methyl/N-ethyl adjacent to an activating group) is 1. The van der Waals surface area contributed by atoms with E-state index in [1.54, 1.807) is 0 Å². The van der Waals surface area contributed by atoms with E-state index >= 15 is 0 Å². The normalized spacial score (nSPS) is 19.5. The van der Waals surface area contributed by atoms with E-state index in [1.165, 1.54) is 35.4 Å². The highest BCUT2D eigenvalue weighted by Crippen LogP contribution is 2.33. The molecule has 1 fully saturated rings. The Balaban J connectivity index is 1.26. The smallest absolute Gasteiger partial charge is 0.251 e. The van der Waals surface area contributed by atoms with Gasteiger partial charge in [-0.25, -0.2) is 4.39 Å². The van der Waals surface area contributed by atoms with Gasteiger partial charge in [-0.15, -0.1) is 0 Å². The first-order chi connectivity index (χ1) is 15.0. The maximum Gasteiger partial charge on any atom is 0.251 e. The van der Waals surface area contributed by atoms with Crippen molar-refractivity contribution in [3.63, 3.8) is 0 Å². The molecular formula is C25H30FN3O2. The molecule has 2 aromatic carbocycles. The summed E-state index contributed by atoms with van der Waals surface area (Å²) < 4.78 is 13.0. The molecule has 1 saturated heterocycles.